The average molecular weight is 268 g/mol. The molecule has 2 N–H and O–H groups in total. The summed E-state index contributed by atoms with van der Waals surface area (Å²) in [4.78, 5) is 2.60. The molecule has 2 rings (SSSR count). The summed E-state index contributed by atoms with van der Waals surface area (Å²) in [6.45, 7) is 11.1. The molecule has 0 aromatic rings. The Labute approximate surface area is 118 Å². The summed E-state index contributed by atoms with van der Waals surface area (Å²) in [7, 11) is 0. The maximum atomic E-state index is 9.94. The third kappa shape index (κ3) is 4.73. The van der Waals surface area contributed by atoms with Crippen molar-refractivity contribution in [3.63, 3.8) is 0 Å². The summed E-state index contributed by atoms with van der Waals surface area (Å²) >= 11 is 0. The van der Waals surface area contributed by atoms with Gasteiger partial charge in [-0.15, -0.1) is 0 Å². The number of aliphatic hydroxyl groups excluding tert-OH is 1. The lowest BCUT2D eigenvalue weighted by atomic mass is 9.83. The van der Waals surface area contributed by atoms with E-state index in [0.717, 1.165) is 25.4 Å². The van der Waals surface area contributed by atoms with E-state index in [1.165, 1.54) is 32.4 Å². The molecule has 1 aliphatic carbocycles. The summed E-state index contributed by atoms with van der Waals surface area (Å²) in [6, 6.07) is 0.566. The normalized spacial score (nSPS) is 31.4. The molecule has 3 atom stereocenters. The molecule has 2 fully saturated rings. The summed E-state index contributed by atoms with van der Waals surface area (Å²) in [5.41, 5.74) is 0. The van der Waals surface area contributed by atoms with Crippen LogP contribution in [-0.4, -0.2) is 48.3 Å². The number of hydrogen-bond donors (Lipinski definition) is 2. The number of likely N-dealkylation sites (tertiary alicyclic amines) is 1. The van der Waals surface area contributed by atoms with E-state index in [9.17, 15) is 5.11 Å². The summed E-state index contributed by atoms with van der Waals surface area (Å²) in [6.07, 6.45) is 5.21. The number of nitrogens with zero attached hydrogens (tertiary/aromatic N) is 1. The highest BCUT2D eigenvalue weighted by Gasteiger charge is 2.31. The molecule has 112 valence electrons. The van der Waals surface area contributed by atoms with Gasteiger partial charge in [0, 0.05) is 25.7 Å². The van der Waals surface area contributed by atoms with Crippen LogP contribution in [0.3, 0.4) is 0 Å². The molecular formula is C16H32N2O. The van der Waals surface area contributed by atoms with E-state index in [0.29, 0.717) is 17.9 Å². The first kappa shape index (κ1) is 15.3. The van der Waals surface area contributed by atoms with E-state index in [1.54, 1.807) is 0 Å². The number of rotatable bonds is 6. The second-order valence-electron chi connectivity index (χ2n) is 7.25. The minimum atomic E-state index is -0.174. The molecule has 19 heavy (non-hydrogen) atoms. The largest absolute Gasteiger partial charge is 0.393 e. The molecule has 0 aromatic carbocycles. The molecule has 1 heterocycles. The van der Waals surface area contributed by atoms with E-state index < -0.39 is 0 Å². The minimum Gasteiger partial charge on any atom is -0.393 e. The van der Waals surface area contributed by atoms with Gasteiger partial charge in [0.25, 0.3) is 0 Å². The average Bonchev–Trinajstić information content (AvgIpc) is 2.31. The van der Waals surface area contributed by atoms with Crippen molar-refractivity contribution in [3.05, 3.63) is 0 Å². The Morgan fingerprint density at radius 2 is 1.95 bits per heavy atom. The summed E-state index contributed by atoms with van der Waals surface area (Å²) in [5.74, 6) is 2.07. The Hall–Kier alpha value is -0.120. The van der Waals surface area contributed by atoms with Crippen LogP contribution in [-0.2, 0) is 0 Å². The van der Waals surface area contributed by atoms with Gasteiger partial charge in [-0.3, -0.25) is 0 Å². The molecule has 0 aromatic heterocycles. The summed E-state index contributed by atoms with van der Waals surface area (Å²) in [5, 5.41) is 13.6. The summed E-state index contributed by atoms with van der Waals surface area (Å²) < 4.78 is 0. The van der Waals surface area contributed by atoms with E-state index in [1.807, 2.05) is 6.92 Å². The van der Waals surface area contributed by atoms with Gasteiger partial charge in [-0.1, -0.05) is 20.3 Å². The molecule has 0 bridgehead atoms. The highest BCUT2D eigenvalue weighted by molar-refractivity contribution is 4.87. The number of piperidine rings is 1. The van der Waals surface area contributed by atoms with Crippen LogP contribution >= 0.6 is 0 Å². The van der Waals surface area contributed by atoms with Gasteiger partial charge in [0.2, 0.25) is 0 Å². The van der Waals surface area contributed by atoms with E-state index in [2.05, 4.69) is 24.1 Å². The fraction of sp³-hybridized carbons (Fsp3) is 1.00. The lowest BCUT2D eigenvalue weighted by Gasteiger charge is -2.42. The number of hydrogen-bond acceptors (Lipinski definition) is 3. The fourth-order valence-corrected chi connectivity index (χ4v) is 3.32. The van der Waals surface area contributed by atoms with Gasteiger partial charge in [0.05, 0.1) is 6.10 Å². The SMILES string of the molecule is CC(C)CNC1CC(C(C)O)CN(CC2CCC2)C1. The van der Waals surface area contributed by atoms with Gasteiger partial charge in [-0.25, -0.2) is 0 Å². The van der Waals surface area contributed by atoms with E-state index in [4.69, 9.17) is 0 Å². The Morgan fingerprint density at radius 3 is 2.47 bits per heavy atom. The molecule has 2 aliphatic rings. The van der Waals surface area contributed by atoms with Crippen molar-refractivity contribution in [1.29, 1.82) is 0 Å². The molecule has 3 unspecified atom stereocenters. The van der Waals surface area contributed by atoms with Crippen LogP contribution in [0.1, 0.15) is 46.5 Å². The molecule has 0 radical (unpaired) electrons. The zero-order chi connectivity index (χ0) is 13.8. The predicted octanol–water partition coefficient (Wildman–Crippen LogP) is 2.10. The van der Waals surface area contributed by atoms with Crippen molar-refractivity contribution in [3.8, 4) is 0 Å². The van der Waals surface area contributed by atoms with Crippen molar-refractivity contribution < 1.29 is 5.11 Å². The number of aliphatic hydroxyl groups is 1. The lowest BCUT2D eigenvalue weighted by molar-refractivity contribution is 0.0348. The van der Waals surface area contributed by atoms with Crippen LogP contribution in [0.5, 0.6) is 0 Å². The van der Waals surface area contributed by atoms with Crippen LogP contribution in [0.15, 0.2) is 0 Å². The molecule has 1 saturated heterocycles. The van der Waals surface area contributed by atoms with Gasteiger partial charge >= 0.3 is 0 Å². The molecular weight excluding hydrogens is 236 g/mol. The molecule has 3 nitrogen and oxygen atoms in total. The zero-order valence-electron chi connectivity index (χ0n) is 12.9. The van der Waals surface area contributed by atoms with Crippen molar-refractivity contribution in [1.82, 2.24) is 10.2 Å². The minimum absolute atomic E-state index is 0.174. The van der Waals surface area contributed by atoms with Gasteiger partial charge in [0.15, 0.2) is 0 Å². The highest BCUT2D eigenvalue weighted by atomic mass is 16.3. The third-order valence-electron chi connectivity index (χ3n) is 4.80. The maximum absolute atomic E-state index is 9.94. The van der Waals surface area contributed by atoms with Gasteiger partial charge in [-0.2, -0.15) is 0 Å². The van der Waals surface area contributed by atoms with Crippen molar-refractivity contribution in [2.24, 2.45) is 17.8 Å². The van der Waals surface area contributed by atoms with Crippen LogP contribution in [0.2, 0.25) is 0 Å². The molecule has 3 heteroatoms. The first-order chi connectivity index (χ1) is 9.04. The van der Waals surface area contributed by atoms with Crippen LogP contribution in [0.25, 0.3) is 0 Å². The van der Waals surface area contributed by atoms with E-state index in [-0.39, 0.29) is 6.10 Å². The third-order valence-corrected chi connectivity index (χ3v) is 4.80. The predicted molar refractivity (Wildman–Crippen MR) is 80.2 cm³/mol. The van der Waals surface area contributed by atoms with Crippen LogP contribution in [0, 0.1) is 17.8 Å². The van der Waals surface area contributed by atoms with Gasteiger partial charge in [0.1, 0.15) is 0 Å². The monoisotopic (exact) mass is 268 g/mol. The molecule has 0 amide bonds. The number of nitrogens with one attached hydrogen (secondary N) is 1. The van der Waals surface area contributed by atoms with Crippen molar-refractivity contribution in [2.45, 2.75) is 58.6 Å². The van der Waals surface area contributed by atoms with Crippen LogP contribution in [0.4, 0.5) is 0 Å². The Kier molecular flexibility index (Phi) is 5.67. The second-order valence-corrected chi connectivity index (χ2v) is 7.25. The first-order valence-electron chi connectivity index (χ1n) is 8.18. The standard InChI is InChI=1S/C16H32N2O/c1-12(2)8-17-16-7-15(13(3)19)10-18(11-16)9-14-5-4-6-14/h12-17,19H,4-11H2,1-3H3. The molecule has 1 saturated carbocycles. The maximum Gasteiger partial charge on any atom is 0.0553 e. The van der Waals surface area contributed by atoms with Gasteiger partial charge < -0.3 is 15.3 Å². The Bertz CT molecular complexity index is 263. The molecule has 1 aliphatic heterocycles. The van der Waals surface area contributed by atoms with E-state index >= 15 is 0 Å². The topological polar surface area (TPSA) is 35.5 Å². The quantitative estimate of drug-likeness (QED) is 0.774. The van der Waals surface area contributed by atoms with Gasteiger partial charge in [-0.05, 0) is 50.5 Å². The highest BCUT2D eigenvalue weighted by Crippen LogP contribution is 2.29. The first-order valence-corrected chi connectivity index (χ1v) is 8.18. The fourth-order valence-electron chi connectivity index (χ4n) is 3.32. The second kappa shape index (κ2) is 7.05. The smallest absolute Gasteiger partial charge is 0.0553 e. The molecule has 0 spiro atoms. The van der Waals surface area contributed by atoms with Crippen molar-refractivity contribution in [2.75, 3.05) is 26.2 Å². The van der Waals surface area contributed by atoms with Crippen molar-refractivity contribution >= 4 is 0 Å². The Morgan fingerprint density at radius 1 is 1.21 bits per heavy atom. The zero-order valence-corrected chi connectivity index (χ0v) is 12.9. The van der Waals surface area contributed by atoms with Crippen LogP contribution < -0.4 is 5.32 Å². The Balaban J connectivity index is 1.84. The lowest BCUT2D eigenvalue weighted by Crippen LogP contribution is -2.53.